The van der Waals surface area contributed by atoms with Crippen LogP contribution in [-0.2, 0) is 4.74 Å². The molecule has 0 aliphatic carbocycles. The molecule has 0 bridgehead atoms. The number of nitrogens with one attached hydrogen (secondary N) is 1. The average molecular weight is 238 g/mol. The van der Waals surface area contributed by atoms with Crippen molar-refractivity contribution in [1.82, 2.24) is 9.88 Å². The highest BCUT2D eigenvalue weighted by Gasteiger charge is 2.22. The molecule has 1 atom stereocenters. The molecule has 1 aliphatic heterocycles. The third kappa shape index (κ3) is 2.35. The number of ether oxygens (including phenoxy) is 1. The second-order valence-electron chi connectivity index (χ2n) is 4.37. The molecule has 0 saturated carbocycles. The van der Waals surface area contributed by atoms with E-state index in [0.717, 1.165) is 13.1 Å². The molecule has 17 heavy (non-hydrogen) atoms. The van der Waals surface area contributed by atoms with Gasteiger partial charge in [0, 0.05) is 30.9 Å². The molecule has 2 rings (SSSR count). The summed E-state index contributed by atoms with van der Waals surface area (Å²) in [6.07, 6.45) is 1.69. The fourth-order valence-electron chi connectivity index (χ4n) is 2.10. The first-order valence-electron chi connectivity index (χ1n) is 5.84. The summed E-state index contributed by atoms with van der Waals surface area (Å²) in [5.41, 5.74) is 0.836. The van der Waals surface area contributed by atoms with Gasteiger partial charge in [0.2, 0.25) is 5.43 Å². The van der Waals surface area contributed by atoms with Gasteiger partial charge in [0.1, 0.15) is 0 Å². The van der Waals surface area contributed by atoms with Gasteiger partial charge in [0.25, 0.3) is 0 Å². The Morgan fingerprint density at radius 3 is 2.76 bits per heavy atom. The number of aromatic hydroxyl groups is 1. The van der Waals surface area contributed by atoms with Crippen LogP contribution in [0.15, 0.2) is 11.0 Å². The van der Waals surface area contributed by atoms with Crippen molar-refractivity contribution in [2.45, 2.75) is 19.9 Å². The molecular formula is C12H18N2O3. The number of H-pyrrole nitrogens is 1. The monoisotopic (exact) mass is 238 g/mol. The summed E-state index contributed by atoms with van der Waals surface area (Å²) in [7, 11) is 0. The number of pyridine rings is 1. The molecule has 1 unspecified atom stereocenters. The van der Waals surface area contributed by atoms with Crippen LogP contribution in [0.4, 0.5) is 0 Å². The lowest BCUT2D eigenvalue weighted by Crippen LogP contribution is -2.39. The summed E-state index contributed by atoms with van der Waals surface area (Å²) in [5.74, 6) is -0.178. The molecule has 94 valence electrons. The highest BCUT2D eigenvalue weighted by Crippen LogP contribution is 2.20. The lowest BCUT2D eigenvalue weighted by molar-refractivity contribution is 0.0195. The van der Waals surface area contributed by atoms with Gasteiger partial charge in [0.05, 0.1) is 18.9 Å². The quantitative estimate of drug-likeness (QED) is 0.799. The van der Waals surface area contributed by atoms with Crippen molar-refractivity contribution in [3.05, 3.63) is 27.7 Å². The number of aromatic amines is 1. The van der Waals surface area contributed by atoms with Gasteiger partial charge in [-0.25, -0.2) is 0 Å². The first-order valence-corrected chi connectivity index (χ1v) is 5.84. The van der Waals surface area contributed by atoms with E-state index in [1.165, 1.54) is 0 Å². The van der Waals surface area contributed by atoms with E-state index in [1.807, 2.05) is 6.92 Å². The van der Waals surface area contributed by atoms with E-state index < -0.39 is 0 Å². The first-order chi connectivity index (χ1) is 8.11. The van der Waals surface area contributed by atoms with Crippen molar-refractivity contribution in [3.8, 4) is 5.75 Å². The van der Waals surface area contributed by atoms with Crippen molar-refractivity contribution >= 4 is 0 Å². The van der Waals surface area contributed by atoms with E-state index in [0.29, 0.717) is 24.5 Å². The maximum absolute atomic E-state index is 11.9. The van der Waals surface area contributed by atoms with Crippen molar-refractivity contribution in [2.75, 3.05) is 26.3 Å². The number of morpholine rings is 1. The van der Waals surface area contributed by atoms with E-state index in [1.54, 1.807) is 13.1 Å². The fourth-order valence-corrected chi connectivity index (χ4v) is 2.10. The smallest absolute Gasteiger partial charge is 0.228 e. The van der Waals surface area contributed by atoms with Crippen LogP contribution >= 0.6 is 0 Å². The Morgan fingerprint density at radius 2 is 2.12 bits per heavy atom. The zero-order valence-electron chi connectivity index (χ0n) is 10.2. The van der Waals surface area contributed by atoms with Crippen LogP contribution < -0.4 is 5.43 Å². The summed E-state index contributed by atoms with van der Waals surface area (Å²) in [6, 6.07) is -0.00542. The Morgan fingerprint density at radius 1 is 1.47 bits per heavy atom. The normalized spacial score (nSPS) is 19.2. The Bertz CT molecular complexity index is 450. The van der Waals surface area contributed by atoms with Crippen molar-refractivity contribution < 1.29 is 9.84 Å². The van der Waals surface area contributed by atoms with Crippen LogP contribution in [0.2, 0.25) is 0 Å². The first kappa shape index (κ1) is 12.1. The average Bonchev–Trinajstić information content (AvgIpc) is 2.36. The molecule has 0 aromatic carbocycles. The van der Waals surface area contributed by atoms with Crippen molar-refractivity contribution in [3.63, 3.8) is 0 Å². The van der Waals surface area contributed by atoms with Crippen LogP contribution in [0.3, 0.4) is 0 Å². The molecule has 1 aliphatic rings. The van der Waals surface area contributed by atoms with Gasteiger partial charge >= 0.3 is 0 Å². The maximum atomic E-state index is 11.9. The summed E-state index contributed by atoms with van der Waals surface area (Å²) in [6.45, 7) is 6.68. The number of nitrogens with zero attached hydrogens (tertiary/aromatic N) is 1. The minimum Gasteiger partial charge on any atom is -0.503 e. The predicted molar refractivity (Wildman–Crippen MR) is 64.3 cm³/mol. The van der Waals surface area contributed by atoms with Gasteiger partial charge in [-0.05, 0) is 13.8 Å². The van der Waals surface area contributed by atoms with Crippen LogP contribution in [0.1, 0.15) is 24.2 Å². The van der Waals surface area contributed by atoms with Crippen molar-refractivity contribution in [1.29, 1.82) is 0 Å². The summed E-state index contributed by atoms with van der Waals surface area (Å²) in [5, 5.41) is 9.65. The second-order valence-corrected chi connectivity index (χ2v) is 4.37. The maximum Gasteiger partial charge on any atom is 0.228 e. The zero-order valence-corrected chi connectivity index (χ0v) is 10.2. The molecule has 1 fully saturated rings. The number of hydrogen-bond acceptors (Lipinski definition) is 4. The Hall–Kier alpha value is -1.33. The summed E-state index contributed by atoms with van der Waals surface area (Å²) in [4.78, 5) is 17.1. The van der Waals surface area contributed by atoms with Crippen LogP contribution in [0.25, 0.3) is 0 Å². The van der Waals surface area contributed by atoms with Gasteiger partial charge < -0.3 is 14.8 Å². The summed E-state index contributed by atoms with van der Waals surface area (Å²) < 4.78 is 5.28. The van der Waals surface area contributed by atoms with Gasteiger partial charge in [0.15, 0.2) is 5.75 Å². The van der Waals surface area contributed by atoms with Crippen molar-refractivity contribution in [2.24, 2.45) is 0 Å². The Balaban J connectivity index is 2.27. The molecule has 0 radical (unpaired) electrons. The van der Waals surface area contributed by atoms with Gasteiger partial charge in [-0.2, -0.15) is 0 Å². The van der Waals surface area contributed by atoms with E-state index in [2.05, 4.69) is 9.88 Å². The highest BCUT2D eigenvalue weighted by atomic mass is 16.5. The van der Waals surface area contributed by atoms with Gasteiger partial charge in [-0.1, -0.05) is 0 Å². The van der Waals surface area contributed by atoms with Crippen LogP contribution in [0.5, 0.6) is 5.75 Å². The molecule has 2 N–H and O–H groups in total. The van der Waals surface area contributed by atoms with Gasteiger partial charge in [-0.3, -0.25) is 9.69 Å². The van der Waals surface area contributed by atoms with E-state index in [4.69, 9.17) is 4.74 Å². The highest BCUT2D eigenvalue weighted by molar-refractivity contribution is 5.30. The fraction of sp³-hybridized carbons (Fsp3) is 0.583. The number of aromatic nitrogens is 1. The molecule has 0 amide bonds. The summed E-state index contributed by atoms with van der Waals surface area (Å²) >= 11 is 0. The zero-order chi connectivity index (χ0) is 12.4. The van der Waals surface area contributed by atoms with Crippen LogP contribution in [-0.4, -0.2) is 41.3 Å². The molecule has 5 nitrogen and oxygen atoms in total. The molecule has 2 heterocycles. The van der Waals surface area contributed by atoms with Crippen LogP contribution in [0, 0.1) is 6.92 Å². The lowest BCUT2D eigenvalue weighted by Gasteiger charge is -2.32. The number of hydrogen-bond donors (Lipinski definition) is 2. The largest absolute Gasteiger partial charge is 0.503 e. The molecular weight excluding hydrogens is 220 g/mol. The molecule has 5 heteroatoms. The standard InChI is InChI=1S/C12H18N2O3/c1-8-11(15)12(16)10(7-13-8)9(2)14-3-5-17-6-4-14/h7,9,15H,3-6H2,1-2H3,(H,13,16). The number of aryl methyl sites for hydroxylation is 1. The SMILES string of the molecule is Cc1[nH]cc(C(C)N2CCOCC2)c(=O)c1O. The molecule has 1 saturated heterocycles. The lowest BCUT2D eigenvalue weighted by atomic mass is 10.1. The van der Waals surface area contributed by atoms with E-state index in [9.17, 15) is 9.90 Å². The predicted octanol–water partition coefficient (Wildman–Crippen LogP) is 0.782. The topological polar surface area (TPSA) is 65.6 Å². The minimum atomic E-state index is -0.278. The molecule has 0 spiro atoms. The second kappa shape index (κ2) is 4.89. The Labute approximate surface area is 100 Å². The van der Waals surface area contributed by atoms with Gasteiger partial charge in [-0.15, -0.1) is 0 Å². The van der Waals surface area contributed by atoms with E-state index in [-0.39, 0.29) is 17.2 Å². The van der Waals surface area contributed by atoms with E-state index >= 15 is 0 Å². The minimum absolute atomic E-state index is 0.00542. The molecule has 1 aromatic rings. The number of rotatable bonds is 2. The third-order valence-corrected chi connectivity index (χ3v) is 3.32. The Kier molecular flexibility index (Phi) is 3.49. The third-order valence-electron chi connectivity index (χ3n) is 3.32. The molecule has 1 aromatic heterocycles.